The maximum absolute atomic E-state index is 12.2. The van der Waals surface area contributed by atoms with Crippen LogP contribution in [-0.4, -0.2) is 42.1 Å². The van der Waals surface area contributed by atoms with E-state index in [4.69, 9.17) is 16.3 Å². The van der Waals surface area contributed by atoms with Crippen molar-refractivity contribution in [3.05, 3.63) is 44.9 Å². The lowest BCUT2D eigenvalue weighted by Gasteiger charge is -2.25. The van der Waals surface area contributed by atoms with Crippen LogP contribution in [0.2, 0.25) is 5.02 Å². The van der Waals surface area contributed by atoms with E-state index in [-0.39, 0.29) is 12.3 Å². The van der Waals surface area contributed by atoms with Gasteiger partial charge < -0.3 is 10.1 Å². The molecule has 0 bridgehead atoms. The van der Waals surface area contributed by atoms with Gasteiger partial charge in [-0.2, -0.15) is 0 Å². The molecule has 1 N–H and O–H groups in total. The lowest BCUT2D eigenvalue weighted by molar-refractivity contribution is -0.115. The van der Waals surface area contributed by atoms with E-state index in [0.717, 1.165) is 54.8 Å². The van der Waals surface area contributed by atoms with Gasteiger partial charge in [-0.05, 0) is 24.6 Å². The summed E-state index contributed by atoms with van der Waals surface area (Å²) in [7, 11) is 0. The van der Waals surface area contributed by atoms with Gasteiger partial charge in [0.1, 0.15) is 5.01 Å². The molecule has 1 aliphatic heterocycles. The molecule has 1 aromatic carbocycles. The highest BCUT2D eigenvalue weighted by atomic mass is 35.5. The van der Waals surface area contributed by atoms with Crippen molar-refractivity contribution in [2.45, 2.75) is 19.9 Å². The molecule has 0 unspecified atom stereocenters. The van der Waals surface area contributed by atoms with Gasteiger partial charge in [-0.1, -0.05) is 17.7 Å². The van der Waals surface area contributed by atoms with E-state index in [0.29, 0.717) is 5.02 Å². The van der Waals surface area contributed by atoms with Gasteiger partial charge in [-0.15, -0.1) is 11.3 Å². The quantitative estimate of drug-likeness (QED) is 0.884. The molecule has 5 nitrogen and oxygen atoms in total. The predicted molar refractivity (Wildman–Crippen MR) is 96.7 cm³/mol. The molecule has 1 saturated heterocycles. The third-order valence-corrected chi connectivity index (χ3v) is 5.24. The van der Waals surface area contributed by atoms with Gasteiger partial charge >= 0.3 is 0 Å². The number of morpholine rings is 1. The summed E-state index contributed by atoms with van der Waals surface area (Å²) in [6, 6.07) is 5.49. The number of aromatic nitrogens is 1. The smallest absolute Gasteiger partial charge is 0.230 e. The van der Waals surface area contributed by atoms with Crippen LogP contribution in [-0.2, 0) is 22.5 Å². The topological polar surface area (TPSA) is 54.5 Å². The molecule has 7 heteroatoms. The number of ether oxygens (including phenoxy) is 1. The fourth-order valence-electron chi connectivity index (χ4n) is 2.56. The number of hydrogen-bond acceptors (Lipinski definition) is 5. The van der Waals surface area contributed by atoms with E-state index in [1.807, 2.05) is 30.5 Å². The Morgan fingerprint density at radius 2 is 2.21 bits per heavy atom. The van der Waals surface area contributed by atoms with Crippen molar-refractivity contribution < 1.29 is 9.53 Å². The van der Waals surface area contributed by atoms with Gasteiger partial charge in [0.25, 0.3) is 0 Å². The number of rotatable bonds is 5. The van der Waals surface area contributed by atoms with E-state index in [1.54, 1.807) is 11.3 Å². The van der Waals surface area contributed by atoms with Crippen LogP contribution in [0, 0.1) is 6.92 Å². The number of nitrogens with zero attached hydrogens (tertiary/aromatic N) is 2. The average molecular weight is 366 g/mol. The molecule has 1 aromatic heterocycles. The Bertz CT molecular complexity index is 714. The van der Waals surface area contributed by atoms with Crippen LogP contribution in [0.5, 0.6) is 0 Å². The molecule has 0 atom stereocenters. The second kappa shape index (κ2) is 8.07. The molecule has 1 fully saturated rings. The zero-order valence-corrected chi connectivity index (χ0v) is 15.1. The molecule has 0 spiro atoms. The Labute approximate surface area is 150 Å². The Morgan fingerprint density at radius 3 is 3.00 bits per heavy atom. The standard InChI is InChI=1S/C17H20ClN3O2S/c1-12-14(18)3-2-4-15(12)20-16(22)9-13-11-24-17(19-13)10-21-5-7-23-8-6-21/h2-4,11H,5-10H2,1H3,(H,20,22). The molecule has 2 heterocycles. The van der Waals surface area contributed by atoms with Crippen molar-refractivity contribution in [2.75, 3.05) is 31.6 Å². The summed E-state index contributed by atoms with van der Waals surface area (Å²) < 4.78 is 5.35. The third-order valence-electron chi connectivity index (χ3n) is 3.95. The Balaban J connectivity index is 1.56. The largest absolute Gasteiger partial charge is 0.379 e. The minimum Gasteiger partial charge on any atom is -0.379 e. The first-order chi connectivity index (χ1) is 11.6. The van der Waals surface area contributed by atoms with Crippen molar-refractivity contribution in [1.29, 1.82) is 0 Å². The third kappa shape index (κ3) is 4.54. The summed E-state index contributed by atoms with van der Waals surface area (Å²) in [5.41, 5.74) is 2.43. The van der Waals surface area contributed by atoms with E-state index in [2.05, 4.69) is 15.2 Å². The average Bonchev–Trinajstić information content (AvgIpc) is 2.99. The normalized spacial score (nSPS) is 15.4. The number of nitrogens with one attached hydrogen (secondary N) is 1. The number of amides is 1. The Hall–Kier alpha value is -1.47. The molecule has 128 valence electrons. The van der Waals surface area contributed by atoms with Gasteiger partial charge in [0, 0.05) is 29.2 Å². The zero-order valence-electron chi connectivity index (χ0n) is 13.5. The van der Waals surface area contributed by atoms with Crippen LogP contribution < -0.4 is 5.32 Å². The van der Waals surface area contributed by atoms with Gasteiger partial charge in [-0.25, -0.2) is 4.98 Å². The van der Waals surface area contributed by atoms with Crippen LogP contribution in [0.25, 0.3) is 0 Å². The van der Waals surface area contributed by atoms with Crippen molar-refractivity contribution in [1.82, 2.24) is 9.88 Å². The van der Waals surface area contributed by atoms with Crippen LogP contribution in [0.1, 0.15) is 16.3 Å². The highest BCUT2D eigenvalue weighted by Crippen LogP contribution is 2.23. The molecule has 2 aromatic rings. The fourth-order valence-corrected chi connectivity index (χ4v) is 3.56. The fraction of sp³-hybridized carbons (Fsp3) is 0.412. The van der Waals surface area contributed by atoms with E-state index >= 15 is 0 Å². The number of carbonyl (C=O) groups excluding carboxylic acids is 1. The van der Waals surface area contributed by atoms with Gasteiger partial charge in [0.2, 0.25) is 5.91 Å². The second-order valence-electron chi connectivity index (χ2n) is 5.76. The molecule has 1 amide bonds. The summed E-state index contributed by atoms with van der Waals surface area (Å²) in [4.78, 5) is 19.1. The van der Waals surface area contributed by atoms with Crippen molar-refractivity contribution in [2.24, 2.45) is 0 Å². The molecule has 3 rings (SSSR count). The molecule has 24 heavy (non-hydrogen) atoms. The highest BCUT2D eigenvalue weighted by molar-refractivity contribution is 7.09. The van der Waals surface area contributed by atoms with Crippen molar-refractivity contribution >= 4 is 34.5 Å². The molecule has 0 aliphatic carbocycles. The molecule has 0 radical (unpaired) electrons. The Morgan fingerprint density at radius 1 is 1.42 bits per heavy atom. The van der Waals surface area contributed by atoms with Gasteiger partial charge in [0.15, 0.2) is 0 Å². The number of hydrogen-bond donors (Lipinski definition) is 1. The molecular formula is C17H20ClN3O2S. The van der Waals surface area contributed by atoms with Crippen LogP contribution >= 0.6 is 22.9 Å². The lowest BCUT2D eigenvalue weighted by Crippen LogP contribution is -2.35. The van der Waals surface area contributed by atoms with Crippen LogP contribution in [0.4, 0.5) is 5.69 Å². The summed E-state index contributed by atoms with van der Waals surface area (Å²) >= 11 is 7.68. The van der Waals surface area contributed by atoms with Crippen molar-refractivity contribution in [3.63, 3.8) is 0 Å². The molecule has 0 saturated carbocycles. The second-order valence-corrected chi connectivity index (χ2v) is 7.11. The van der Waals surface area contributed by atoms with E-state index < -0.39 is 0 Å². The highest BCUT2D eigenvalue weighted by Gasteiger charge is 2.14. The minimum absolute atomic E-state index is 0.0800. The maximum atomic E-state index is 12.2. The first-order valence-electron chi connectivity index (χ1n) is 7.90. The minimum atomic E-state index is -0.0800. The zero-order chi connectivity index (χ0) is 16.9. The number of halogens is 1. The van der Waals surface area contributed by atoms with E-state index in [9.17, 15) is 4.79 Å². The summed E-state index contributed by atoms with van der Waals surface area (Å²) in [6.45, 7) is 6.14. The summed E-state index contributed by atoms with van der Waals surface area (Å²) in [5, 5.41) is 6.55. The molecular weight excluding hydrogens is 346 g/mol. The van der Waals surface area contributed by atoms with Gasteiger partial charge in [0.05, 0.1) is 31.9 Å². The lowest BCUT2D eigenvalue weighted by atomic mass is 10.2. The Kier molecular flexibility index (Phi) is 5.84. The van der Waals surface area contributed by atoms with E-state index in [1.165, 1.54) is 0 Å². The maximum Gasteiger partial charge on any atom is 0.230 e. The summed E-state index contributed by atoms with van der Waals surface area (Å²) in [6.07, 6.45) is 0.269. The van der Waals surface area contributed by atoms with Crippen LogP contribution in [0.3, 0.4) is 0 Å². The first-order valence-corrected chi connectivity index (χ1v) is 9.16. The number of carbonyl (C=O) groups is 1. The predicted octanol–water partition coefficient (Wildman–Crippen LogP) is 3.12. The van der Waals surface area contributed by atoms with Crippen molar-refractivity contribution in [3.8, 4) is 0 Å². The monoisotopic (exact) mass is 365 g/mol. The number of thiazole rings is 1. The number of benzene rings is 1. The first kappa shape index (κ1) is 17.4. The number of anilines is 1. The molecule has 1 aliphatic rings. The van der Waals surface area contributed by atoms with Crippen LogP contribution in [0.15, 0.2) is 23.6 Å². The van der Waals surface area contributed by atoms with Gasteiger partial charge in [-0.3, -0.25) is 9.69 Å². The summed E-state index contributed by atoms with van der Waals surface area (Å²) in [5.74, 6) is -0.0800. The SMILES string of the molecule is Cc1c(Cl)cccc1NC(=O)Cc1csc(CN2CCOCC2)n1.